The van der Waals surface area contributed by atoms with Gasteiger partial charge in [-0.1, -0.05) is 109 Å². The Hall–Kier alpha value is -3.69. The SMILES string of the molecule is C[C@@H](NC(c1ccccc1)c1ccccc1)C(=O)Nc1ccccc1-c1ccccc1. The molecule has 0 heterocycles. The Bertz CT molecular complexity index is 1070. The fraction of sp³-hybridized carbons (Fsp3) is 0.107. The predicted octanol–water partition coefficient (Wildman–Crippen LogP) is 6.06. The van der Waals surface area contributed by atoms with Crippen LogP contribution in [-0.4, -0.2) is 11.9 Å². The standard InChI is InChI=1S/C28H26N2O/c1-21(29-27(23-15-7-3-8-16-23)24-17-9-4-10-18-24)28(31)30-26-20-12-11-19-25(26)22-13-5-2-6-14-22/h2-21,27,29H,1H3,(H,30,31)/t21-/m1/s1. The van der Waals surface area contributed by atoms with Crippen LogP contribution in [0.5, 0.6) is 0 Å². The number of amides is 1. The van der Waals surface area contributed by atoms with Gasteiger partial charge in [-0.25, -0.2) is 0 Å². The van der Waals surface area contributed by atoms with Crippen molar-refractivity contribution >= 4 is 11.6 Å². The second kappa shape index (κ2) is 9.88. The second-order valence-corrected chi connectivity index (χ2v) is 7.54. The van der Waals surface area contributed by atoms with Crippen molar-refractivity contribution < 1.29 is 4.79 Å². The minimum absolute atomic E-state index is 0.0692. The summed E-state index contributed by atoms with van der Waals surface area (Å²) in [6.07, 6.45) is 0. The minimum Gasteiger partial charge on any atom is -0.324 e. The first-order valence-electron chi connectivity index (χ1n) is 10.5. The second-order valence-electron chi connectivity index (χ2n) is 7.54. The lowest BCUT2D eigenvalue weighted by Gasteiger charge is -2.24. The summed E-state index contributed by atoms with van der Waals surface area (Å²) in [6.45, 7) is 1.90. The average molecular weight is 407 g/mol. The number of para-hydroxylation sites is 1. The highest BCUT2D eigenvalue weighted by molar-refractivity contribution is 5.98. The molecule has 0 fully saturated rings. The lowest BCUT2D eigenvalue weighted by molar-refractivity contribution is -0.117. The van der Waals surface area contributed by atoms with Crippen LogP contribution in [0, 0.1) is 0 Å². The molecule has 0 unspecified atom stereocenters. The number of hydrogen-bond acceptors (Lipinski definition) is 2. The Morgan fingerprint density at radius 1 is 0.645 bits per heavy atom. The van der Waals surface area contributed by atoms with Crippen molar-refractivity contribution in [3.8, 4) is 11.1 Å². The van der Waals surface area contributed by atoms with Crippen LogP contribution in [0.4, 0.5) is 5.69 Å². The van der Waals surface area contributed by atoms with E-state index in [9.17, 15) is 4.79 Å². The molecule has 3 nitrogen and oxygen atoms in total. The number of hydrogen-bond donors (Lipinski definition) is 2. The first-order chi connectivity index (χ1) is 15.2. The topological polar surface area (TPSA) is 41.1 Å². The maximum absolute atomic E-state index is 13.1. The van der Waals surface area contributed by atoms with E-state index in [1.165, 1.54) is 0 Å². The van der Waals surface area contributed by atoms with E-state index >= 15 is 0 Å². The molecule has 0 saturated heterocycles. The van der Waals surface area contributed by atoms with Crippen LogP contribution in [0.15, 0.2) is 115 Å². The maximum atomic E-state index is 13.1. The molecule has 1 atom stereocenters. The average Bonchev–Trinajstić information content (AvgIpc) is 2.84. The molecule has 2 N–H and O–H groups in total. The molecular weight excluding hydrogens is 380 g/mol. The molecule has 31 heavy (non-hydrogen) atoms. The highest BCUT2D eigenvalue weighted by Gasteiger charge is 2.21. The van der Waals surface area contributed by atoms with Crippen LogP contribution >= 0.6 is 0 Å². The molecule has 154 valence electrons. The van der Waals surface area contributed by atoms with Crippen LogP contribution < -0.4 is 10.6 Å². The molecule has 4 aromatic carbocycles. The summed E-state index contributed by atoms with van der Waals surface area (Å²) in [5, 5.41) is 6.63. The van der Waals surface area contributed by atoms with Crippen molar-refractivity contribution in [2.75, 3.05) is 5.32 Å². The van der Waals surface area contributed by atoms with Gasteiger partial charge in [0.1, 0.15) is 0 Å². The van der Waals surface area contributed by atoms with E-state index in [-0.39, 0.29) is 11.9 Å². The highest BCUT2D eigenvalue weighted by Crippen LogP contribution is 2.28. The number of rotatable bonds is 7. The largest absolute Gasteiger partial charge is 0.324 e. The normalized spacial score (nSPS) is 11.8. The van der Waals surface area contributed by atoms with Gasteiger partial charge in [0.2, 0.25) is 5.91 Å². The summed E-state index contributed by atoms with van der Waals surface area (Å²) in [4.78, 5) is 13.1. The fourth-order valence-electron chi connectivity index (χ4n) is 3.70. The molecule has 0 radical (unpaired) electrons. The number of anilines is 1. The van der Waals surface area contributed by atoms with E-state index < -0.39 is 6.04 Å². The van der Waals surface area contributed by atoms with Gasteiger partial charge in [0.25, 0.3) is 0 Å². The molecule has 3 heteroatoms. The van der Waals surface area contributed by atoms with Crippen molar-refractivity contribution in [3.05, 3.63) is 126 Å². The monoisotopic (exact) mass is 406 g/mol. The molecular formula is C28H26N2O. The number of carbonyl (C=O) groups excluding carboxylic acids is 1. The summed E-state index contributed by atoms with van der Waals surface area (Å²) in [6, 6.07) is 37.9. The van der Waals surface area contributed by atoms with Gasteiger partial charge in [-0.3, -0.25) is 10.1 Å². The summed E-state index contributed by atoms with van der Waals surface area (Å²) in [5.74, 6) is -0.0692. The number of nitrogens with one attached hydrogen (secondary N) is 2. The Kier molecular flexibility index (Phi) is 6.56. The van der Waals surface area contributed by atoms with Gasteiger partial charge < -0.3 is 5.32 Å². The Morgan fingerprint density at radius 3 is 1.71 bits per heavy atom. The fourth-order valence-corrected chi connectivity index (χ4v) is 3.70. The van der Waals surface area contributed by atoms with E-state index in [1.807, 2.05) is 97.9 Å². The maximum Gasteiger partial charge on any atom is 0.241 e. The van der Waals surface area contributed by atoms with E-state index in [0.29, 0.717) is 0 Å². The summed E-state index contributed by atoms with van der Waals surface area (Å²) in [7, 11) is 0. The zero-order valence-electron chi connectivity index (χ0n) is 17.5. The van der Waals surface area contributed by atoms with Gasteiger partial charge in [0.05, 0.1) is 12.1 Å². The van der Waals surface area contributed by atoms with E-state index in [2.05, 4.69) is 34.9 Å². The molecule has 0 aliphatic carbocycles. The predicted molar refractivity (Wildman–Crippen MR) is 128 cm³/mol. The molecule has 0 spiro atoms. The van der Waals surface area contributed by atoms with E-state index in [0.717, 1.165) is 27.9 Å². The highest BCUT2D eigenvalue weighted by atomic mass is 16.2. The summed E-state index contributed by atoms with van der Waals surface area (Å²) in [5.41, 5.74) is 5.14. The zero-order chi connectivity index (χ0) is 21.5. The van der Waals surface area contributed by atoms with Crippen LogP contribution in [0.2, 0.25) is 0 Å². The number of carbonyl (C=O) groups is 1. The van der Waals surface area contributed by atoms with Crippen LogP contribution in [0.3, 0.4) is 0 Å². The molecule has 4 rings (SSSR count). The Balaban J connectivity index is 1.54. The molecule has 0 bridgehead atoms. The molecule has 0 saturated carbocycles. The zero-order valence-corrected chi connectivity index (χ0v) is 17.5. The third kappa shape index (κ3) is 5.08. The lowest BCUT2D eigenvalue weighted by Crippen LogP contribution is -2.40. The number of benzene rings is 4. The first-order valence-corrected chi connectivity index (χ1v) is 10.5. The molecule has 0 aliphatic rings. The van der Waals surface area contributed by atoms with Gasteiger partial charge in [-0.05, 0) is 29.7 Å². The molecule has 0 aliphatic heterocycles. The molecule has 4 aromatic rings. The van der Waals surface area contributed by atoms with Gasteiger partial charge in [0, 0.05) is 11.3 Å². The Labute approximate surface area is 183 Å². The van der Waals surface area contributed by atoms with Crippen molar-refractivity contribution in [1.29, 1.82) is 0 Å². The van der Waals surface area contributed by atoms with Crippen molar-refractivity contribution in [3.63, 3.8) is 0 Å². The third-order valence-electron chi connectivity index (χ3n) is 5.35. The van der Waals surface area contributed by atoms with Crippen molar-refractivity contribution in [2.45, 2.75) is 19.0 Å². The van der Waals surface area contributed by atoms with Gasteiger partial charge >= 0.3 is 0 Å². The first kappa shape index (κ1) is 20.6. The smallest absolute Gasteiger partial charge is 0.241 e. The van der Waals surface area contributed by atoms with Gasteiger partial charge in [0.15, 0.2) is 0 Å². The van der Waals surface area contributed by atoms with Crippen molar-refractivity contribution in [2.24, 2.45) is 0 Å². The van der Waals surface area contributed by atoms with E-state index in [1.54, 1.807) is 0 Å². The van der Waals surface area contributed by atoms with Crippen LogP contribution in [0.1, 0.15) is 24.1 Å². The minimum atomic E-state index is -0.394. The summed E-state index contributed by atoms with van der Waals surface area (Å²) >= 11 is 0. The van der Waals surface area contributed by atoms with E-state index in [4.69, 9.17) is 0 Å². The molecule has 0 aromatic heterocycles. The Morgan fingerprint density at radius 2 is 1.13 bits per heavy atom. The van der Waals surface area contributed by atoms with Gasteiger partial charge in [-0.2, -0.15) is 0 Å². The summed E-state index contributed by atoms with van der Waals surface area (Å²) < 4.78 is 0. The third-order valence-corrected chi connectivity index (χ3v) is 5.35. The van der Waals surface area contributed by atoms with Crippen LogP contribution in [-0.2, 0) is 4.79 Å². The lowest BCUT2D eigenvalue weighted by atomic mass is 9.98. The van der Waals surface area contributed by atoms with Crippen LogP contribution in [0.25, 0.3) is 11.1 Å². The molecule has 1 amide bonds. The van der Waals surface area contributed by atoms with Gasteiger partial charge in [-0.15, -0.1) is 0 Å². The quantitative estimate of drug-likeness (QED) is 0.392. The van der Waals surface area contributed by atoms with Crippen molar-refractivity contribution in [1.82, 2.24) is 5.32 Å².